The third-order valence-corrected chi connectivity index (χ3v) is 4.12. The molecule has 96 valence electrons. The second-order valence-electron chi connectivity index (χ2n) is 3.67. The number of hydrogen-bond donors (Lipinski definition) is 2. The standard InChI is InChI=1S/C11H12N2O3S2/c1-13(2)11(14)9-6-8(18-12-15)10(17-9)7-4-3-5-16-7/h3-6,12,15H,1-2H3. The number of nitrogens with zero attached hydrogens (tertiary/aromatic N) is 1. The van der Waals surface area contributed by atoms with Gasteiger partial charge in [-0.2, -0.15) is 0 Å². The van der Waals surface area contributed by atoms with Crippen LogP contribution in [0.1, 0.15) is 9.67 Å². The highest BCUT2D eigenvalue weighted by Gasteiger charge is 2.18. The zero-order valence-electron chi connectivity index (χ0n) is 9.84. The van der Waals surface area contributed by atoms with Crippen LogP contribution in [0.3, 0.4) is 0 Å². The van der Waals surface area contributed by atoms with Crippen LogP contribution < -0.4 is 4.89 Å². The molecule has 0 fully saturated rings. The molecule has 0 saturated heterocycles. The molecule has 0 atom stereocenters. The third kappa shape index (κ3) is 2.59. The van der Waals surface area contributed by atoms with Crippen molar-refractivity contribution in [3.8, 4) is 10.6 Å². The van der Waals surface area contributed by atoms with Crippen LogP contribution in [-0.2, 0) is 0 Å². The van der Waals surface area contributed by atoms with Crippen LogP contribution in [0.15, 0.2) is 33.8 Å². The molecule has 0 aliphatic rings. The lowest BCUT2D eigenvalue weighted by atomic mass is 10.3. The topological polar surface area (TPSA) is 65.7 Å². The van der Waals surface area contributed by atoms with E-state index in [0.717, 1.165) is 21.7 Å². The van der Waals surface area contributed by atoms with Gasteiger partial charge in [-0.05, 0) is 30.1 Å². The number of thiophene rings is 1. The Morgan fingerprint density at radius 1 is 1.56 bits per heavy atom. The van der Waals surface area contributed by atoms with Crippen LogP contribution in [-0.4, -0.2) is 30.1 Å². The fourth-order valence-electron chi connectivity index (χ4n) is 1.40. The first-order chi connectivity index (χ1) is 8.63. The van der Waals surface area contributed by atoms with E-state index in [9.17, 15) is 4.79 Å². The molecule has 0 spiro atoms. The average molecular weight is 284 g/mol. The van der Waals surface area contributed by atoms with Gasteiger partial charge in [0.15, 0.2) is 0 Å². The summed E-state index contributed by atoms with van der Waals surface area (Å²) in [6, 6.07) is 5.33. The lowest BCUT2D eigenvalue weighted by Crippen LogP contribution is -2.20. The maximum Gasteiger partial charge on any atom is 0.263 e. The smallest absolute Gasteiger partial charge is 0.263 e. The van der Waals surface area contributed by atoms with Crippen LogP contribution in [0.5, 0.6) is 0 Å². The van der Waals surface area contributed by atoms with Gasteiger partial charge >= 0.3 is 0 Å². The predicted molar refractivity (Wildman–Crippen MR) is 70.8 cm³/mol. The highest BCUT2D eigenvalue weighted by Crippen LogP contribution is 2.38. The summed E-state index contributed by atoms with van der Waals surface area (Å²) in [7, 11) is 3.40. The van der Waals surface area contributed by atoms with Crippen molar-refractivity contribution in [2.24, 2.45) is 0 Å². The summed E-state index contributed by atoms with van der Waals surface area (Å²) < 4.78 is 5.32. The maximum absolute atomic E-state index is 11.9. The molecule has 2 rings (SSSR count). The lowest BCUT2D eigenvalue weighted by Gasteiger charge is -2.06. The van der Waals surface area contributed by atoms with Gasteiger partial charge in [-0.3, -0.25) is 4.79 Å². The minimum absolute atomic E-state index is 0.0717. The van der Waals surface area contributed by atoms with E-state index < -0.39 is 0 Å². The van der Waals surface area contributed by atoms with Crippen LogP contribution in [0.25, 0.3) is 10.6 Å². The van der Waals surface area contributed by atoms with E-state index in [-0.39, 0.29) is 5.91 Å². The maximum atomic E-state index is 11.9. The SMILES string of the molecule is CN(C)C(=O)c1cc(SNO)c(-c2ccco2)s1. The normalized spacial score (nSPS) is 10.6. The molecule has 0 unspecified atom stereocenters. The van der Waals surface area contributed by atoms with Gasteiger partial charge in [0.05, 0.1) is 16.0 Å². The Morgan fingerprint density at radius 2 is 2.33 bits per heavy atom. The van der Waals surface area contributed by atoms with Gasteiger partial charge in [-0.1, -0.05) is 0 Å². The first-order valence-electron chi connectivity index (χ1n) is 5.08. The number of amides is 1. The molecule has 0 saturated carbocycles. The first-order valence-corrected chi connectivity index (χ1v) is 6.72. The van der Waals surface area contributed by atoms with Crippen LogP contribution >= 0.6 is 23.3 Å². The van der Waals surface area contributed by atoms with Crippen molar-refractivity contribution in [1.82, 2.24) is 9.79 Å². The molecule has 1 amide bonds. The molecule has 5 nitrogen and oxygen atoms in total. The summed E-state index contributed by atoms with van der Waals surface area (Å²) >= 11 is 2.37. The number of nitrogens with one attached hydrogen (secondary N) is 1. The van der Waals surface area contributed by atoms with E-state index in [0.29, 0.717) is 10.6 Å². The Labute approximate surface area is 112 Å². The largest absolute Gasteiger partial charge is 0.463 e. The van der Waals surface area contributed by atoms with Gasteiger partial charge in [0.1, 0.15) is 5.76 Å². The van der Waals surface area contributed by atoms with E-state index >= 15 is 0 Å². The number of furan rings is 1. The Morgan fingerprint density at radius 3 is 2.89 bits per heavy atom. The Bertz CT molecular complexity index is 534. The van der Waals surface area contributed by atoms with Crippen LogP contribution in [0.2, 0.25) is 0 Å². The first kappa shape index (κ1) is 13.2. The summed E-state index contributed by atoms with van der Waals surface area (Å²) in [5.74, 6) is 0.605. The Kier molecular flexibility index (Phi) is 4.07. The van der Waals surface area contributed by atoms with Crippen molar-refractivity contribution in [3.05, 3.63) is 29.3 Å². The minimum Gasteiger partial charge on any atom is -0.463 e. The number of carbonyl (C=O) groups excluding carboxylic acids is 1. The molecular weight excluding hydrogens is 272 g/mol. The van der Waals surface area contributed by atoms with E-state index in [1.165, 1.54) is 16.2 Å². The molecule has 2 aromatic heterocycles. The van der Waals surface area contributed by atoms with Gasteiger partial charge in [-0.15, -0.1) is 16.2 Å². The fraction of sp³-hybridized carbons (Fsp3) is 0.182. The van der Waals surface area contributed by atoms with Gasteiger partial charge in [0, 0.05) is 19.0 Å². The zero-order chi connectivity index (χ0) is 13.1. The summed E-state index contributed by atoms with van der Waals surface area (Å²) in [5.41, 5.74) is 0. The summed E-state index contributed by atoms with van der Waals surface area (Å²) in [6.07, 6.45) is 1.57. The third-order valence-electron chi connectivity index (χ3n) is 2.22. The van der Waals surface area contributed by atoms with Crippen molar-refractivity contribution in [2.45, 2.75) is 4.90 Å². The molecule has 0 aliphatic heterocycles. The van der Waals surface area contributed by atoms with E-state index in [1.807, 2.05) is 11.0 Å². The second-order valence-corrected chi connectivity index (χ2v) is 5.55. The Hall–Kier alpha value is -1.28. The van der Waals surface area contributed by atoms with Crippen molar-refractivity contribution in [1.29, 1.82) is 0 Å². The van der Waals surface area contributed by atoms with Crippen molar-refractivity contribution in [3.63, 3.8) is 0 Å². The quantitative estimate of drug-likeness (QED) is 0.667. The molecule has 7 heteroatoms. The van der Waals surface area contributed by atoms with Gasteiger partial charge < -0.3 is 14.5 Å². The number of hydrogen-bond acceptors (Lipinski definition) is 6. The second kappa shape index (κ2) is 5.57. The number of carbonyl (C=O) groups is 1. The van der Waals surface area contributed by atoms with Crippen LogP contribution in [0, 0.1) is 0 Å². The molecule has 18 heavy (non-hydrogen) atoms. The van der Waals surface area contributed by atoms with Crippen molar-refractivity contribution < 1.29 is 14.4 Å². The monoisotopic (exact) mass is 284 g/mol. The summed E-state index contributed by atoms with van der Waals surface area (Å²) in [4.78, 5) is 17.6. The van der Waals surface area contributed by atoms with E-state index in [2.05, 4.69) is 0 Å². The number of rotatable bonds is 4. The molecule has 0 radical (unpaired) electrons. The van der Waals surface area contributed by atoms with Gasteiger partial charge in [0.2, 0.25) is 0 Å². The molecule has 2 aromatic rings. The van der Waals surface area contributed by atoms with E-state index in [4.69, 9.17) is 9.62 Å². The van der Waals surface area contributed by atoms with Crippen molar-refractivity contribution in [2.75, 3.05) is 14.1 Å². The van der Waals surface area contributed by atoms with E-state index in [1.54, 1.807) is 32.5 Å². The predicted octanol–water partition coefficient (Wildman–Crippen LogP) is 2.70. The lowest BCUT2D eigenvalue weighted by molar-refractivity contribution is 0.0832. The molecule has 0 aromatic carbocycles. The molecule has 0 aliphatic carbocycles. The fourth-order valence-corrected chi connectivity index (χ4v) is 3.24. The van der Waals surface area contributed by atoms with Crippen molar-refractivity contribution >= 4 is 29.2 Å². The highest BCUT2D eigenvalue weighted by atomic mass is 32.2. The average Bonchev–Trinajstić information content (AvgIpc) is 2.96. The van der Waals surface area contributed by atoms with Gasteiger partial charge in [-0.25, -0.2) is 0 Å². The summed E-state index contributed by atoms with van der Waals surface area (Å²) in [5, 5.41) is 8.79. The zero-order valence-corrected chi connectivity index (χ0v) is 11.5. The molecule has 0 bridgehead atoms. The summed E-state index contributed by atoms with van der Waals surface area (Å²) in [6.45, 7) is 0. The molecule has 2 N–H and O–H groups in total. The Balaban J connectivity index is 2.42. The highest BCUT2D eigenvalue weighted by molar-refractivity contribution is 7.97. The van der Waals surface area contributed by atoms with Crippen LogP contribution in [0.4, 0.5) is 0 Å². The van der Waals surface area contributed by atoms with Gasteiger partial charge in [0.25, 0.3) is 5.91 Å². The molecule has 2 heterocycles. The minimum atomic E-state index is -0.0717. The molecular formula is C11H12N2O3S2.